The lowest BCUT2D eigenvalue weighted by atomic mass is 9.76. The van der Waals surface area contributed by atoms with Crippen LogP contribution in [0.5, 0.6) is 0 Å². The summed E-state index contributed by atoms with van der Waals surface area (Å²) in [5, 5.41) is 1.52. The number of nitrogens with one attached hydrogen (secondary N) is 1. The summed E-state index contributed by atoms with van der Waals surface area (Å²) in [5.41, 5.74) is -0.765. The molecular weight excluding hydrogens is 324 g/mol. The normalized spacial score (nSPS) is 19.1. The lowest BCUT2D eigenvalue weighted by Crippen LogP contribution is -2.51. The molecule has 1 saturated carbocycles. The average Bonchev–Trinajstić information content (AvgIpc) is 2.46. The van der Waals surface area contributed by atoms with Gasteiger partial charge in [-0.25, -0.2) is 17.2 Å². The summed E-state index contributed by atoms with van der Waals surface area (Å²) >= 11 is 0. The van der Waals surface area contributed by atoms with E-state index in [1.807, 2.05) is 0 Å². The van der Waals surface area contributed by atoms with Gasteiger partial charge in [0.1, 0.15) is 16.9 Å². The summed E-state index contributed by atoms with van der Waals surface area (Å²) < 4.78 is 50.6. The van der Waals surface area contributed by atoms with Crippen LogP contribution in [0.15, 0.2) is 18.2 Å². The summed E-state index contributed by atoms with van der Waals surface area (Å²) in [4.78, 5) is 12.3. The molecule has 0 saturated heterocycles. The van der Waals surface area contributed by atoms with Gasteiger partial charge < -0.3 is 5.32 Å². The van der Waals surface area contributed by atoms with Crippen LogP contribution in [0.25, 0.3) is 0 Å². The largest absolute Gasteiger partial charge is 0.345 e. The molecule has 1 aliphatic carbocycles. The van der Waals surface area contributed by atoms with Crippen molar-refractivity contribution in [3.8, 4) is 0 Å². The number of amides is 1. The molecule has 7 heteroatoms. The van der Waals surface area contributed by atoms with E-state index < -0.39 is 38.2 Å². The van der Waals surface area contributed by atoms with Crippen LogP contribution in [0.2, 0.25) is 0 Å². The van der Waals surface area contributed by atoms with Crippen molar-refractivity contribution in [2.75, 3.05) is 6.26 Å². The molecule has 1 aromatic rings. The van der Waals surface area contributed by atoms with E-state index in [0.29, 0.717) is 12.8 Å². The number of hydrogen-bond donors (Lipinski definition) is 1. The topological polar surface area (TPSA) is 63.2 Å². The molecule has 1 aromatic carbocycles. The number of benzene rings is 1. The van der Waals surface area contributed by atoms with E-state index in [1.54, 1.807) is 0 Å². The highest BCUT2D eigenvalue weighted by atomic mass is 32.2. The number of halogens is 2. The van der Waals surface area contributed by atoms with Gasteiger partial charge in [0.25, 0.3) is 0 Å². The maximum Gasteiger partial charge on any atom is 0.238 e. The van der Waals surface area contributed by atoms with Crippen molar-refractivity contribution in [1.29, 1.82) is 0 Å². The predicted molar refractivity (Wildman–Crippen MR) is 83.6 cm³/mol. The van der Waals surface area contributed by atoms with Crippen LogP contribution in [-0.2, 0) is 20.2 Å². The predicted octanol–water partition coefficient (Wildman–Crippen LogP) is 2.67. The lowest BCUT2D eigenvalue weighted by Gasteiger charge is -2.39. The van der Waals surface area contributed by atoms with Crippen LogP contribution in [0, 0.1) is 11.6 Å². The standard InChI is InChI=1S/C16H21F2NO3S/c1-11(23(2,21)22)15(20)19-16(8-4-3-5-9-16)13-7-6-12(17)10-14(13)18/h6-7,10-11H,3-5,8-9H2,1-2H3,(H,19,20). The average molecular weight is 345 g/mol. The van der Waals surface area contributed by atoms with Crippen LogP contribution < -0.4 is 5.32 Å². The van der Waals surface area contributed by atoms with E-state index in [2.05, 4.69) is 5.32 Å². The summed E-state index contributed by atoms with van der Waals surface area (Å²) in [6, 6.07) is 3.28. The van der Waals surface area contributed by atoms with Crippen LogP contribution >= 0.6 is 0 Å². The molecule has 128 valence electrons. The fourth-order valence-electron chi connectivity index (χ4n) is 3.03. The summed E-state index contributed by atoms with van der Waals surface area (Å²) in [7, 11) is -3.54. The third-order valence-electron chi connectivity index (χ3n) is 4.53. The van der Waals surface area contributed by atoms with Crippen molar-refractivity contribution in [2.45, 2.75) is 49.8 Å². The van der Waals surface area contributed by atoms with Gasteiger partial charge in [-0.1, -0.05) is 25.3 Å². The smallest absolute Gasteiger partial charge is 0.238 e. The van der Waals surface area contributed by atoms with Crippen LogP contribution in [0.4, 0.5) is 8.78 Å². The molecule has 0 spiro atoms. The van der Waals surface area contributed by atoms with Crippen molar-refractivity contribution >= 4 is 15.7 Å². The Balaban J connectivity index is 2.38. The molecule has 1 atom stereocenters. The lowest BCUT2D eigenvalue weighted by molar-refractivity contribution is -0.123. The minimum absolute atomic E-state index is 0.215. The van der Waals surface area contributed by atoms with Crippen LogP contribution in [0.1, 0.15) is 44.6 Å². The Kier molecular flexibility index (Phi) is 5.08. The van der Waals surface area contributed by atoms with Crippen LogP contribution in [0.3, 0.4) is 0 Å². The van der Waals surface area contributed by atoms with Crippen molar-refractivity contribution in [1.82, 2.24) is 5.32 Å². The number of sulfone groups is 1. The van der Waals surface area contributed by atoms with Gasteiger partial charge in [0.05, 0.1) is 5.54 Å². The molecule has 1 amide bonds. The number of carbonyl (C=O) groups is 1. The van der Waals surface area contributed by atoms with Gasteiger partial charge in [-0.15, -0.1) is 0 Å². The summed E-state index contributed by atoms with van der Waals surface area (Å²) in [5.74, 6) is -2.06. The van der Waals surface area contributed by atoms with Gasteiger partial charge >= 0.3 is 0 Å². The van der Waals surface area contributed by atoms with Crippen molar-refractivity contribution in [3.63, 3.8) is 0 Å². The van der Waals surface area contributed by atoms with E-state index in [1.165, 1.54) is 13.0 Å². The molecule has 1 fully saturated rings. The van der Waals surface area contributed by atoms with E-state index in [-0.39, 0.29) is 5.56 Å². The first-order valence-electron chi connectivity index (χ1n) is 7.62. The Hall–Kier alpha value is -1.50. The first kappa shape index (κ1) is 17.8. The molecule has 0 bridgehead atoms. The van der Waals surface area contributed by atoms with Gasteiger partial charge in [0, 0.05) is 17.9 Å². The quantitative estimate of drug-likeness (QED) is 0.912. The Labute approximate surface area is 135 Å². The highest BCUT2D eigenvalue weighted by Crippen LogP contribution is 2.38. The second kappa shape index (κ2) is 6.55. The van der Waals surface area contributed by atoms with Crippen molar-refractivity contribution in [2.24, 2.45) is 0 Å². The van der Waals surface area contributed by atoms with Gasteiger partial charge in [0.15, 0.2) is 9.84 Å². The molecule has 23 heavy (non-hydrogen) atoms. The Morgan fingerprint density at radius 3 is 2.35 bits per heavy atom. The number of carbonyl (C=O) groups excluding carboxylic acids is 1. The molecular formula is C16H21F2NO3S. The number of rotatable bonds is 4. The van der Waals surface area contributed by atoms with Crippen molar-refractivity contribution in [3.05, 3.63) is 35.4 Å². The highest BCUT2D eigenvalue weighted by molar-refractivity contribution is 7.92. The maximum absolute atomic E-state index is 14.3. The number of hydrogen-bond acceptors (Lipinski definition) is 3. The SMILES string of the molecule is CC(C(=O)NC1(c2ccc(F)cc2F)CCCCC1)S(C)(=O)=O. The first-order valence-corrected chi connectivity index (χ1v) is 9.58. The summed E-state index contributed by atoms with van der Waals surface area (Å²) in [6.45, 7) is 1.31. The maximum atomic E-state index is 14.3. The Morgan fingerprint density at radius 2 is 1.83 bits per heavy atom. The second-order valence-corrected chi connectivity index (χ2v) is 8.59. The Bertz CT molecular complexity index is 697. The molecule has 1 N–H and O–H groups in total. The summed E-state index contributed by atoms with van der Waals surface area (Å²) in [6.07, 6.45) is 4.51. The van der Waals surface area contributed by atoms with Gasteiger partial charge in [0.2, 0.25) is 5.91 Å². The molecule has 2 rings (SSSR count). The fourth-order valence-corrected chi connectivity index (χ4v) is 3.47. The Morgan fingerprint density at radius 1 is 1.22 bits per heavy atom. The van der Waals surface area contributed by atoms with Gasteiger partial charge in [-0.05, 0) is 25.8 Å². The van der Waals surface area contributed by atoms with E-state index in [4.69, 9.17) is 0 Å². The zero-order chi connectivity index (χ0) is 17.3. The van der Waals surface area contributed by atoms with Crippen molar-refractivity contribution < 1.29 is 22.0 Å². The third-order valence-corrected chi connectivity index (χ3v) is 6.03. The van der Waals surface area contributed by atoms with Gasteiger partial charge in [-0.2, -0.15) is 0 Å². The molecule has 0 heterocycles. The molecule has 4 nitrogen and oxygen atoms in total. The molecule has 0 aromatic heterocycles. The third kappa shape index (κ3) is 3.88. The monoisotopic (exact) mass is 345 g/mol. The van der Waals surface area contributed by atoms with E-state index in [9.17, 15) is 22.0 Å². The molecule has 1 aliphatic rings. The van der Waals surface area contributed by atoms with E-state index in [0.717, 1.165) is 37.7 Å². The fraction of sp³-hybridized carbons (Fsp3) is 0.562. The zero-order valence-electron chi connectivity index (χ0n) is 13.2. The minimum Gasteiger partial charge on any atom is -0.345 e. The van der Waals surface area contributed by atoms with E-state index >= 15 is 0 Å². The first-order chi connectivity index (χ1) is 10.7. The second-order valence-electron chi connectivity index (χ2n) is 6.23. The van der Waals surface area contributed by atoms with Gasteiger partial charge in [-0.3, -0.25) is 4.79 Å². The minimum atomic E-state index is -3.54. The molecule has 0 radical (unpaired) electrons. The highest BCUT2D eigenvalue weighted by Gasteiger charge is 2.39. The zero-order valence-corrected chi connectivity index (χ0v) is 14.1. The molecule has 1 unspecified atom stereocenters. The molecule has 0 aliphatic heterocycles. The van der Waals surface area contributed by atoms with Crippen LogP contribution in [-0.4, -0.2) is 25.8 Å².